The third-order valence-electron chi connectivity index (χ3n) is 4.37. The molecule has 2 atom stereocenters. The van der Waals surface area contributed by atoms with Gasteiger partial charge in [0.1, 0.15) is 5.76 Å². The second-order valence-corrected chi connectivity index (χ2v) is 6.00. The first-order chi connectivity index (χ1) is 10.6. The molecule has 1 aromatic heterocycles. The maximum absolute atomic E-state index is 11.3. The zero-order valence-corrected chi connectivity index (χ0v) is 12.7. The van der Waals surface area contributed by atoms with Crippen molar-refractivity contribution in [3.63, 3.8) is 0 Å². The number of furan rings is 1. The third kappa shape index (κ3) is 3.07. The third-order valence-corrected chi connectivity index (χ3v) is 4.37. The van der Waals surface area contributed by atoms with Gasteiger partial charge in [-0.2, -0.15) is 0 Å². The molecular weight excluding hydrogens is 278 g/mol. The Morgan fingerprint density at radius 3 is 2.73 bits per heavy atom. The van der Waals surface area contributed by atoms with Crippen molar-refractivity contribution < 1.29 is 14.3 Å². The maximum Gasteiger partial charge on any atom is 0.307 e. The zero-order chi connectivity index (χ0) is 15.5. The van der Waals surface area contributed by atoms with E-state index in [4.69, 9.17) is 4.42 Å². The number of likely N-dealkylation sites (tertiary alicyclic amines) is 1. The van der Waals surface area contributed by atoms with E-state index in [0.29, 0.717) is 6.54 Å². The summed E-state index contributed by atoms with van der Waals surface area (Å²) in [5.41, 5.74) is 2.36. The molecule has 1 N–H and O–H groups in total. The minimum atomic E-state index is -0.702. The van der Waals surface area contributed by atoms with Crippen molar-refractivity contribution in [2.75, 3.05) is 13.1 Å². The summed E-state index contributed by atoms with van der Waals surface area (Å²) in [7, 11) is 0. The van der Waals surface area contributed by atoms with Crippen molar-refractivity contribution in [3.05, 3.63) is 59.5 Å². The monoisotopic (exact) mass is 299 g/mol. The van der Waals surface area contributed by atoms with E-state index in [0.717, 1.165) is 30.7 Å². The largest absolute Gasteiger partial charge is 0.481 e. The molecule has 4 nitrogen and oxygen atoms in total. The van der Waals surface area contributed by atoms with Crippen LogP contribution in [-0.4, -0.2) is 29.1 Å². The van der Waals surface area contributed by atoms with Gasteiger partial charge in [-0.1, -0.05) is 29.8 Å². The molecule has 2 aromatic rings. The minimum Gasteiger partial charge on any atom is -0.481 e. The van der Waals surface area contributed by atoms with Crippen LogP contribution >= 0.6 is 0 Å². The molecule has 2 heterocycles. The Kier molecular flexibility index (Phi) is 4.29. The molecule has 2 unspecified atom stereocenters. The highest BCUT2D eigenvalue weighted by molar-refractivity contribution is 5.70. The lowest BCUT2D eigenvalue weighted by molar-refractivity contribution is -0.143. The summed E-state index contributed by atoms with van der Waals surface area (Å²) in [5.74, 6) is -0.127. The van der Waals surface area contributed by atoms with E-state index in [1.165, 1.54) is 5.56 Å². The first-order valence-corrected chi connectivity index (χ1v) is 7.72. The van der Waals surface area contributed by atoms with Crippen molar-refractivity contribution in [1.29, 1.82) is 0 Å². The van der Waals surface area contributed by atoms with Crippen LogP contribution in [0, 0.1) is 12.8 Å². The smallest absolute Gasteiger partial charge is 0.307 e. The number of carboxylic acid groups (broad SMARTS) is 1. The molecule has 1 aliphatic heterocycles. The van der Waals surface area contributed by atoms with E-state index < -0.39 is 5.97 Å². The van der Waals surface area contributed by atoms with Crippen LogP contribution in [-0.2, 0) is 4.79 Å². The fraction of sp³-hybridized carbons (Fsp3) is 0.389. The number of hydrogen-bond donors (Lipinski definition) is 1. The second kappa shape index (κ2) is 6.36. The summed E-state index contributed by atoms with van der Waals surface area (Å²) in [4.78, 5) is 13.6. The normalized spacial score (nSPS) is 20.7. The van der Waals surface area contributed by atoms with E-state index in [1.54, 1.807) is 6.26 Å². The Labute approximate surface area is 130 Å². The quantitative estimate of drug-likeness (QED) is 0.939. The average molecular weight is 299 g/mol. The van der Waals surface area contributed by atoms with Gasteiger partial charge in [0.05, 0.1) is 18.2 Å². The fourth-order valence-corrected chi connectivity index (χ4v) is 3.19. The van der Waals surface area contributed by atoms with Crippen LogP contribution in [0.3, 0.4) is 0 Å². The van der Waals surface area contributed by atoms with Gasteiger partial charge in [0.15, 0.2) is 0 Å². The molecule has 3 rings (SSSR count). The van der Waals surface area contributed by atoms with Crippen LogP contribution in [0.1, 0.15) is 35.8 Å². The maximum atomic E-state index is 11.3. The number of aryl methyl sites for hydroxylation is 1. The van der Waals surface area contributed by atoms with Crippen molar-refractivity contribution in [2.24, 2.45) is 5.92 Å². The molecule has 1 fully saturated rings. The van der Waals surface area contributed by atoms with Gasteiger partial charge < -0.3 is 9.52 Å². The van der Waals surface area contributed by atoms with Crippen molar-refractivity contribution in [2.45, 2.75) is 25.8 Å². The number of piperidine rings is 1. The van der Waals surface area contributed by atoms with Gasteiger partial charge in [0, 0.05) is 6.54 Å². The molecular formula is C18H21NO3. The summed E-state index contributed by atoms with van der Waals surface area (Å²) in [5, 5.41) is 9.33. The number of benzene rings is 1. The number of carboxylic acids is 1. The number of nitrogens with zero attached hydrogens (tertiary/aromatic N) is 1. The highest BCUT2D eigenvalue weighted by Gasteiger charge is 2.32. The van der Waals surface area contributed by atoms with Crippen LogP contribution < -0.4 is 0 Å². The van der Waals surface area contributed by atoms with Gasteiger partial charge in [-0.05, 0) is 44.0 Å². The topological polar surface area (TPSA) is 53.7 Å². The number of rotatable bonds is 4. The molecule has 1 aromatic carbocycles. The fourth-order valence-electron chi connectivity index (χ4n) is 3.19. The molecule has 0 aliphatic carbocycles. The summed E-state index contributed by atoms with van der Waals surface area (Å²) in [6.07, 6.45) is 3.33. The lowest BCUT2D eigenvalue weighted by atomic mass is 9.93. The molecule has 0 saturated carbocycles. The molecule has 0 spiro atoms. The van der Waals surface area contributed by atoms with Gasteiger partial charge in [-0.3, -0.25) is 9.69 Å². The van der Waals surface area contributed by atoms with E-state index in [2.05, 4.69) is 36.1 Å². The summed E-state index contributed by atoms with van der Waals surface area (Å²) >= 11 is 0. The second-order valence-electron chi connectivity index (χ2n) is 6.00. The highest BCUT2D eigenvalue weighted by Crippen LogP contribution is 2.33. The first-order valence-electron chi connectivity index (χ1n) is 7.72. The molecule has 0 radical (unpaired) electrons. The predicted octanol–water partition coefficient (Wildman–Crippen LogP) is 3.47. The van der Waals surface area contributed by atoms with Crippen LogP contribution in [0.5, 0.6) is 0 Å². The van der Waals surface area contributed by atoms with E-state index >= 15 is 0 Å². The van der Waals surface area contributed by atoms with Crippen molar-refractivity contribution in [3.8, 4) is 0 Å². The Balaban J connectivity index is 1.92. The van der Waals surface area contributed by atoms with Crippen LogP contribution in [0.2, 0.25) is 0 Å². The summed E-state index contributed by atoms with van der Waals surface area (Å²) in [6.45, 7) is 3.52. The SMILES string of the molecule is Cc1ccc(C(c2ccco2)N2CCCC(C(=O)O)C2)cc1. The first kappa shape index (κ1) is 14.9. The number of carbonyl (C=O) groups is 1. The molecule has 22 heavy (non-hydrogen) atoms. The summed E-state index contributed by atoms with van der Waals surface area (Å²) < 4.78 is 5.64. The van der Waals surface area contributed by atoms with Gasteiger partial charge in [-0.25, -0.2) is 0 Å². The lowest BCUT2D eigenvalue weighted by Gasteiger charge is -2.36. The molecule has 0 amide bonds. The van der Waals surface area contributed by atoms with E-state index in [-0.39, 0.29) is 12.0 Å². The molecule has 1 aliphatic rings. The van der Waals surface area contributed by atoms with E-state index in [1.807, 2.05) is 12.1 Å². The van der Waals surface area contributed by atoms with Gasteiger partial charge in [0.2, 0.25) is 0 Å². The standard InChI is InChI=1S/C18H21NO3/c1-13-6-8-14(9-7-13)17(16-5-3-11-22-16)19-10-2-4-15(12-19)18(20)21/h3,5-9,11,15,17H,2,4,10,12H2,1H3,(H,20,21). The Morgan fingerprint density at radius 1 is 1.32 bits per heavy atom. The van der Waals surface area contributed by atoms with Gasteiger partial charge in [0.25, 0.3) is 0 Å². The van der Waals surface area contributed by atoms with Crippen LogP contribution in [0.4, 0.5) is 0 Å². The number of aliphatic carboxylic acids is 1. The molecule has 4 heteroatoms. The Morgan fingerprint density at radius 2 is 2.09 bits per heavy atom. The van der Waals surface area contributed by atoms with Crippen molar-refractivity contribution >= 4 is 5.97 Å². The number of hydrogen-bond acceptors (Lipinski definition) is 3. The predicted molar refractivity (Wildman–Crippen MR) is 83.7 cm³/mol. The minimum absolute atomic E-state index is 0.0160. The Hall–Kier alpha value is -2.07. The molecule has 116 valence electrons. The highest BCUT2D eigenvalue weighted by atomic mass is 16.4. The zero-order valence-electron chi connectivity index (χ0n) is 12.7. The van der Waals surface area contributed by atoms with Crippen LogP contribution in [0.15, 0.2) is 47.1 Å². The van der Waals surface area contributed by atoms with Crippen molar-refractivity contribution in [1.82, 2.24) is 4.90 Å². The molecule has 1 saturated heterocycles. The van der Waals surface area contributed by atoms with Crippen LogP contribution in [0.25, 0.3) is 0 Å². The lowest BCUT2D eigenvalue weighted by Crippen LogP contribution is -2.41. The average Bonchev–Trinajstić information content (AvgIpc) is 3.04. The Bertz CT molecular complexity index is 618. The van der Waals surface area contributed by atoms with Gasteiger partial charge >= 0.3 is 5.97 Å². The van der Waals surface area contributed by atoms with Gasteiger partial charge in [-0.15, -0.1) is 0 Å². The summed E-state index contributed by atoms with van der Waals surface area (Å²) in [6, 6.07) is 12.2. The van der Waals surface area contributed by atoms with E-state index in [9.17, 15) is 9.90 Å². The molecule has 0 bridgehead atoms.